The van der Waals surface area contributed by atoms with Crippen LogP contribution >= 0.6 is 0 Å². The van der Waals surface area contributed by atoms with Crippen LogP contribution in [0.25, 0.3) is 0 Å². The van der Waals surface area contributed by atoms with Gasteiger partial charge < -0.3 is 23.7 Å². The van der Waals surface area contributed by atoms with Gasteiger partial charge in [-0.05, 0) is 26.7 Å². The molecular weight excluding hydrogens is 388 g/mol. The largest absolute Gasteiger partial charge is 0.460 e. The molecule has 3 rings (SSSR count). The molecule has 6 atom stereocenters. The second-order valence-corrected chi connectivity index (χ2v) is 7.29. The summed E-state index contributed by atoms with van der Waals surface area (Å²) in [5.41, 5.74) is 0.101. The Kier molecular flexibility index (Phi) is 6.02. The number of carbonyl (C=O) groups is 5. The minimum Gasteiger partial charge on any atom is -0.460 e. The third-order valence-corrected chi connectivity index (χ3v) is 5.06. The van der Waals surface area contributed by atoms with Crippen molar-refractivity contribution >= 4 is 29.7 Å². The number of carbonyl (C=O) groups excluding carboxylic acids is 5. The molecule has 0 spiro atoms. The van der Waals surface area contributed by atoms with Crippen molar-refractivity contribution in [1.29, 1.82) is 0 Å². The zero-order valence-corrected chi connectivity index (χ0v) is 16.1. The Bertz CT molecular complexity index is 756. The molecule has 2 saturated heterocycles. The van der Waals surface area contributed by atoms with E-state index in [1.165, 1.54) is 6.92 Å². The zero-order chi connectivity index (χ0) is 21.3. The summed E-state index contributed by atoms with van der Waals surface area (Å²) in [6.45, 7) is 5.67. The summed E-state index contributed by atoms with van der Waals surface area (Å²) in [6, 6.07) is 0. The van der Waals surface area contributed by atoms with Crippen molar-refractivity contribution in [3.05, 3.63) is 12.2 Å². The number of fused-ring (bicyclic) bond motifs is 1. The first kappa shape index (κ1) is 21.0. The first-order valence-corrected chi connectivity index (χ1v) is 9.30. The van der Waals surface area contributed by atoms with E-state index in [4.69, 9.17) is 23.7 Å². The van der Waals surface area contributed by atoms with E-state index in [1.54, 1.807) is 6.92 Å². The van der Waals surface area contributed by atoms with Crippen LogP contribution in [0.4, 0.5) is 0 Å². The van der Waals surface area contributed by atoms with Gasteiger partial charge in [-0.3, -0.25) is 14.4 Å². The van der Waals surface area contributed by atoms with Crippen LogP contribution in [0.2, 0.25) is 0 Å². The third-order valence-electron chi connectivity index (χ3n) is 5.06. The first-order chi connectivity index (χ1) is 13.7. The molecule has 1 saturated carbocycles. The van der Waals surface area contributed by atoms with Crippen molar-refractivity contribution in [2.75, 3.05) is 6.61 Å². The van der Waals surface area contributed by atoms with Gasteiger partial charge in [0.2, 0.25) is 6.29 Å². The van der Waals surface area contributed by atoms with Crippen LogP contribution in [0.3, 0.4) is 0 Å². The smallest absolute Gasteiger partial charge is 0.346 e. The molecule has 158 valence electrons. The van der Waals surface area contributed by atoms with Crippen molar-refractivity contribution in [1.82, 2.24) is 0 Å². The quantitative estimate of drug-likeness (QED) is 0.340. The molecule has 29 heavy (non-hydrogen) atoms. The van der Waals surface area contributed by atoms with Crippen molar-refractivity contribution in [3.8, 4) is 0 Å². The molecule has 10 heteroatoms. The third kappa shape index (κ3) is 4.31. The van der Waals surface area contributed by atoms with Crippen LogP contribution in [-0.2, 0) is 47.7 Å². The molecule has 3 aliphatic rings. The lowest BCUT2D eigenvalue weighted by atomic mass is 9.90. The normalized spacial score (nSPS) is 33.0. The van der Waals surface area contributed by atoms with Gasteiger partial charge in [-0.15, -0.1) is 0 Å². The molecule has 1 aliphatic carbocycles. The number of cyclic esters (lactones) is 1. The lowest BCUT2D eigenvalue weighted by molar-refractivity contribution is -0.200. The highest BCUT2D eigenvalue weighted by atomic mass is 16.7. The Balaban J connectivity index is 1.70. The molecule has 0 aromatic heterocycles. The fourth-order valence-electron chi connectivity index (χ4n) is 3.61. The van der Waals surface area contributed by atoms with Gasteiger partial charge in [-0.1, -0.05) is 6.58 Å². The molecule has 2 aliphatic heterocycles. The topological polar surface area (TPSA) is 132 Å². The van der Waals surface area contributed by atoms with Crippen molar-refractivity contribution in [3.63, 3.8) is 0 Å². The summed E-state index contributed by atoms with van der Waals surface area (Å²) >= 11 is 0. The van der Waals surface area contributed by atoms with E-state index in [-0.39, 0.29) is 11.4 Å². The van der Waals surface area contributed by atoms with E-state index >= 15 is 0 Å². The number of hydrogen-bond donors (Lipinski definition) is 0. The van der Waals surface area contributed by atoms with Gasteiger partial charge in [0.15, 0.2) is 18.5 Å². The molecule has 0 radical (unpaired) electrons. The average Bonchev–Trinajstić information content (AvgIpc) is 3.30. The Labute approximate surface area is 166 Å². The number of ether oxygens (including phenoxy) is 5. The number of Topliss-reactive ketones (excluding diaryl/α,β-unsaturated/α-hetero) is 1. The van der Waals surface area contributed by atoms with Gasteiger partial charge in [0.05, 0.1) is 0 Å². The lowest BCUT2D eigenvalue weighted by Crippen LogP contribution is -2.39. The van der Waals surface area contributed by atoms with Gasteiger partial charge in [-0.2, -0.15) is 0 Å². The molecule has 0 aromatic carbocycles. The minimum absolute atomic E-state index is 0.101. The summed E-state index contributed by atoms with van der Waals surface area (Å²) < 4.78 is 25.8. The maximum absolute atomic E-state index is 12.7. The Hall–Kier alpha value is -2.75. The van der Waals surface area contributed by atoms with Crippen LogP contribution in [0, 0.1) is 11.8 Å². The van der Waals surface area contributed by atoms with E-state index in [9.17, 15) is 24.0 Å². The first-order valence-electron chi connectivity index (χ1n) is 9.30. The number of ketones is 1. The molecule has 6 unspecified atom stereocenters. The fraction of sp³-hybridized carbons (Fsp3) is 0.632. The lowest BCUT2D eigenvalue weighted by Gasteiger charge is -2.22. The van der Waals surface area contributed by atoms with Crippen molar-refractivity contribution in [2.24, 2.45) is 11.8 Å². The molecule has 10 nitrogen and oxygen atoms in total. The van der Waals surface area contributed by atoms with Crippen LogP contribution in [0.1, 0.15) is 33.1 Å². The summed E-state index contributed by atoms with van der Waals surface area (Å²) in [6.07, 6.45) is -2.46. The van der Waals surface area contributed by atoms with Gasteiger partial charge >= 0.3 is 23.9 Å². The van der Waals surface area contributed by atoms with Crippen molar-refractivity contribution < 1.29 is 47.7 Å². The number of hydrogen-bond acceptors (Lipinski definition) is 10. The maximum atomic E-state index is 12.7. The summed E-state index contributed by atoms with van der Waals surface area (Å²) in [4.78, 5) is 60.2. The van der Waals surface area contributed by atoms with E-state index < -0.39 is 66.9 Å². The van der Waals surface area contributed by atoms with Crippen LogP contribution in [-0.4, -0.2) is 60.9 Å². The Morgan fingerprint density at radius 1 is 1.21 bits per heavy atom. The Morgan fingerprint density at radius 2 is 1.93 bits per heavy atom. The molecule has 0 N–H and O–H groups in total. The second kappa shape index (κ2) is 8.32. The minimum atomic E-state index is -1.43. The molecule has 0 aromatic rings. The van der Waals surface area contributed by atoms with E-state index in [2.05, 4.69) is 6.58 Å². The summed E-state index contributed by atoms with van der Waals surface area (Å²) in [5.74, 6) is -5.80. The average molecular weight is 410 g/mol. The van der Waals surface area contributed by atoms with Gasteiger partial charge in [0.1, 0.15) is 24.0 Å². The number of esters is 4. The highest BCUT2D eigenvalue weighted by molar-refractivity contribution is 5.90. The summed E-state index contributed by atoms with van der Waals surface area (Å²) in [5, 5.41) is 0. The van der Waals surface area contributed by atoms with E-state index in [0.29, 0.717) is 19.3 Å². The molecule has 3 fully saturated rings. The predicted molar refractivity (Wildman–Crippen MR) is 91.8 cm³/mol. The van der Waals surface area contributed by atoms with Crippen LogP contribution < -0.4 is 0 Å². The Morgan fingerprint density at radius 3 is 2.55 bits per heavy atom. The van der Waals surface area contributed by atoms with Crippen molar-refractivity contribution in [2.45, 2.75) is 57.7 Å². The maximum Gasteiger partial charge on any atom is 0.346 e. The fourth-order valence-corrected chi connectivity index (χ4v) is 3.61. The van der Waals surface area contributed by atoms with Gasteiger partial charge in [-0.25, -0.2) is 9.59 Å². The van der Waals surface area contributed by atoms with Gasteiger partial charge in [0, 0.05) is 12.0 Å². The van der Waals surface area contributed by atoms with E-state index in [1.807, 2.05) is 0 Å². The molecule has 0 amide bonds. The molecule has 2 heterocycles. The molecule has 0 bridgehead atoms. The van der Waals surface area contributed by atoms with Crippen LogP contribution in [0.15, 0.2) is 12.2 Å². The zero-order valence-electron chi connectivity index (χ0n) is 16.1. The van der Waals surface area contributed by atoms with Crippen LogP contribution in [0.5, 0.6) is 0 Å². The van der Waals surface area contributed by atoms with Gasteiger partial charge in [0.25, 0.3) is 0 Å². The molecular formula is C19H22O10. The standard InChI is InChI=1S/C19H22O10/c1-8(2)16(22)25-7-12(21)28-19-14(13-15(29-19)9(3)26-17(13)23)18(24)27-11-6-4-5-10(11)20/h9,11,13-15,19H,1,4-7H2,2-3H3. The predicted octanol–water partition coefficient (Wildman–Crippen LogP) is 0.216. The SMILES string of the molecule is C=C(C)C(=O)OCC(=O)OC1OC2C(C)OC(=O)C2C1C(=O)OC1CCCC1=O. The highest BCUT2D eigenvalue weighted by Crippen LogP contribution is 2.42. The monoisotopic (exact) mass is 410 g/mol. The number of rotatable bonds is 6. The summed E-state index contributed by atoms with van der Waals surface area (Å²) in [7, 11) is 0. The highest BCUT2D eigenvalue weighted by Gasteiger charge is 2.61. The second-order valence-electron chi connectivity index (χ2n) is 7.29. The van der Waals surface area contributed by atoms with E-state index in [0.717, 1.165) is 0 Å².